The summed E-state index contributed by atoms with van der Waals surface area (Å²) in [4.78, 5) is 4.52. The van der Waals surface area contributed by atoms with Crippen LogP contribution < -0.4 is 4.74 Å². The van der Waals surface area contributed by atoms with Gasteiger partial charge >= 0.3 is 0 Å². The zero-order chi connectivity index (χ0) is 13.0. The fourth-order valence-corrected chi connectivity index (χ4v) is 1.94. The highest BCUT2D eigenvalue weighted by atomic mass is 16.5. The zero-order valence-electron chi connectivity index (χ0n) is 11.2. The smallest absolute Gasteiger partial charge is 0.130 e. The van der Waals surface area contributed by atoms with Gasteiger partial charge in [-0.25, -0.2) is 0 Å². The third kappa shape index (κ3) is 2.99. The lowest BCUT2D eigenvalue weighted by Crippen LogP contribution is -2.02. The van der Waals surface area contributed by atoms with E-state index in [1.54, 1.807) is 7.11 Å². The number of nitrogens with zero attached hydrogens (tertiary/aromatic N) is 1. The normalized spacial score (nSPS) is 10.8. The number of hydrogen-bond acceptors (Lipinski definition) is 3. The Morgan fingerprint density at radius 1 is 1.11 bits per heavy atom. The Kier molecular flexibility index (Phi) is 4.15. The molecule has 0 saturated heterocycles. The van der Waals surface area contributed by atoms with Crippen LogP contribution in [0, 0.1) is 13.8 Å². The van der Waals surface area contributed by atoms with Crippen molar-refractivity contribution in [1.29, 1.82) is 0 Å². The molecule has 0 saturated carbocycles. The maximum Gasteiger partial charge on any atom is 0.130 e. The Balaban J connectivity index is 2.27. The zero-order valence-corrected chi connectivity index (χ0v) is 11.2. The van der Waals surface area contributed by atoms with Crippen LogP contribution >= 0.6 is 0 Å². The van der Waals surface area contributed by atoms with E-state index >= 15 is 0 Å². The monoisotopic (exact) mass is 245 g/mol. The number of fused-ring (bicyclic) bond motifs is 1. The highest BCUT2D eigenvalue weighted by Gasteiger charge is 2.05. The lowest BCUT2D eigenvalue weighted by molar-refractivity contribution is 0.172. The average molecular weight is 245 g/mol. The van der Waals surface area contributed by atoms with Gasteiger partial charge in [0.05, 0.1) is 12.1 Å². The van der Waals surface area contributed by atoms with Gasteiger partial charge in [0, 0.05) is 37.3 Å². The Labute approximate surface area is 108 Å². The van der Waals surface area contributed by atoms with Crippen molar-refractivity contribution in [2.75, 3.05) is 20.3 Å². The molecule has 0 fully saturated rings. The van der Waals surface area contributed by atoms with Crippen molar-refractivity contribution in [1.82, 2.24) is 4.98 Å². The molecule has 2 rings (SSSR count). The van der Waals surface area contributed by atoms with Gasteiger partial charge in [-0.2, -0.15) is 0 Å². The molecule has 0 unspecified atom stereocenters. The number of benzene rings is 1. The third-order valence-corrected chi connectivity index (χ3v) is 2.80. The highest BCUT2D eigenvalue weighted by molar-refractivity contribution is 5.85. The van der Waals surface area contributed by atoms with Crippen molar-refractivity contribution in [2.45, 2.75) is 20.3 Å². The van der Waals surface area contributed by atoms with Gasteiger partial charge in [-0.3, -0.25) is 4.98 Å². The molecule has 0 aliphatic rings. The third-order valence-electron chi connectivity index (χ3n) is 2.80. The van der Waals surface area contributed by atoms with Gasteiger partial charge in [0.1, 0.15) is 5.75 Å². The molecule has 0 N–H and O–H groups in total. The first-order valence-corrected chi connectivity index (χ1v) is 6.20. The summed E-state index contributed by atoms with van der Waals surface area (Å²) >= 11 is 0. The van der Waals surface area contributed by atoms with Crippen LogP contribution in [0.25, 0.3) is 10.9 Å². The van der Waals surface area contributed by atoms with Gasteiger partial charge in [0.25, 0.3) is 0 Å². The van der Waals surface area contributed by atoms with Crippen LogP contribution in [0.15, 0.2) is 24.3 Å². The van der Waals surface area contributed by atoms with Gasteiger partial charge in [0.15, 0.2) is 0 Å². The van der Waals surface area contributed by atoms with E-state index < -0.39 is 0 Å². The van der Waals surface area contributed by atoms with E-state index in [2.05, 4.69) is 24.0 Å². The summed E-state index contributed by atoms with van der Waals surface area (Å²) in [5, 5.41) is 1.08. The van der Waals surface area contributed by atoms with Crippen LogP contribution in [0.4, 0.5) is 0 Å². The summed E-state index contributed by atoms with van der Waals surface area (Å²) < 4.78 is 10.9. The van der Waals surface area contributed by atoms with Crippen LogP contribution in [0.1, 0.15) is 17.7 Å². The average Bonchev–Trinajstić information content (AvgIpc) is 2.35. The fourth-order valence-electron chi connectivity index (χ4n) is 1.94. The number of pyridine rings is 1. The molecule has 2 aromatic rings. The molecule has 96 valence electrons. The first-order valence-electron chi connectivity index (χ1n) is 6.20. The van der Waals surface area contributed by atoms with E-state index in [1.165, 1.54) is 5.56 Å². The number of aromatic nitrogens is 1. The van der Waals surface area contributed by atoms with Crippen LogP contribution in [-0.2, 0) is 4.74 Å². The Bertz CT molecular complexity index is 537. The van der Waals surface area contributed by atoms with Crippen molar-refractivity contribution < 1.29 is 9.47 Å². The topological polar surface area (TPSA) is 31.4 Å². The predicted octanol–water partition coefficient (Wildman–Crippen LogP) is 3.27. The SMILES string of the molecule is COCCCOc1cc(C)nc2ccc(C)cc12. The summed E-state index contributed by atoms with van der Waals surface area (Å²) in [6.45, 7) is 5.46. The molecule has 0 aliphatic carbocycles. The van der Waals surface area contributed by atoms with Gasteiger partial charge < -0.3 is 9.47 Å². The maximum absolute atomic E-state index is 5.84. The minimum absolute atomic E-state index is 0.667. The molecule has 0 atom stereocenters. The second-order valence-corrected chi connectivity index (χ2v) is 4.48. The highest BCUT2D eigenvalue weighted by Crippen LogP contribution is 2.26. The molecule has 0 aliphatic heterocycles. The van der Waals surface area contributed by atoms with E-state index in [1.807, 2.05) is 19.1 Å². The van der Waals surface area contributed by atoms with Crippen molar-refractivity contribution in [3.63, 3.8) is 0 Å². The Hall–Kier alpha value is -1.61. The van der Waals surface area contributed by atoms with E-state index in [0.717, 1.165) is 35.4 Å². The molecule has 1 aromatic carbocycles. The van der Waals surface area contributed by atoms with Crippen molar-refractivity contribution >= 4 is 10.9 Å². The van der Waals surface area contributed by atoms with Crippen LogP contribution in [0.5, 0.6) is 5.75 Å². The summed E-state index contributed by atoms with van der Waals surface area (Å²) in [5.41, 5.74) is 3.19. The van der Waals surface area contributed by atoms with E-state index in [4.69, 9.17) is 9.47 Å². The van der Waals surface area contributed by atoms with Gasteiger partial charge in [-0.15, -0.1) is 0 Å². The molecule has 18 heavy (non-hydrogen) atoms. The number of methoxy groups -OCH3 is 1. The molecule has 0 radical (unpaired) electrons. The minimum atomic E-state index is 0.667. The van der Waals surface area contributed by atoms with Crippen LogP contribution in [0.2, 0.25) is 0 Å². The van der Waals surface area contributed by atoms with Crippen LogP contribution in [-0.4, -0.2) is 25.3 Å². The quantitative estimate of drug-likeness (QED) is 0.758. The first kappa shape index (κ1) is 12.8. The first-order chi connectivity index (χ1) is 8.70. The Morgan fingerprint density at radius 2 is 1.94 bits per heavy atom. The summed E-state index contributed by atoms with van der Waals surface area (Å²) in [6, 6.07) is 8.23. The second kappa shape index (κ2) is 5.83. The number of aryl methyl sites for hydroxylation is 2. The second-order valence-electron chi connectivity index (χ2n) is 4.48. The summed E-state index contributed by atoms with van der Waals surface area (Å²) in [6.07, 6.45) is 0.894. The van der Waals surface area contributed by atoms with E-state index in [0.29, 0.717) is 6.61 Å². The van der Waals surface area contributed by atoms with E-state index in [9.17, 15) is 0 Å². The van der Waals surface area contributed by atoms with Crippen molar-refractivity contribution in [2.24, 2.45) is 0 Å². The molecule has 0 amide bonds. The largest absolute Gasteiger partial charge is 0.493 e. The number of rotatable bonds is 5. The standard InChI is InChI=1S/C15H19NO2/c1-11-5-6-14-13(9-11)15(10-12(2)16-14)18-8-4-7-17-3/h5-6,9-10H,4,7-8H2,1-3H3. The lowest BCUT2D eigenvalue weighted by Gasteiger charge is -2.10. The molecule has 3 nitrogen and oxygen atoms in total. The molecular formula is C15H19NO2. The summed E-state index contributed by atoms with van der Waals surface area (Å²) in [7, 11) is 1.70. The van der Waals surface area contributed by atoms with Crippen LogP contribution in [0.3, 0.4) is 0 Å². The van der Waals surface area contributed by atoms with Crippen molar-refractivity contribution in [3.05, 3.63) is 35.5 Å². The number of hydrogen-bond donors (Lipinski definition) is 0. The van der Waals surface area contributed by atoms with Gasteiger partial charge in [-0.05, 0) is 26.0 Å². The van der Waals surface area contributed by atoms with Gasteiger partial charge in [-0.1, -0.05) is 11.6 Å². The molecule has 1 aromatic heterocycles. The fraction of sp³-hybridized carbons (Fsp3) is 0.400. The number of ether oxygens (including phenoxy) is 2. The summed E-state index contributed by atoms with van der Waals surface area (Å²) in [5.74, 6) is 0.914. The molecule has 1 heterocycles. The molecule has 0 spiro atoms. The van der Waals surface area contributed by atoms with Crippen molar-refractivity contribution in [3.8, 4) is 5.75 Å². The maximum atomic E-state index is 5.84. The Morgan fingerprint density at radius 3 is 2.72 bits per heavy atom. The predicted molar refractivity (Wildman–Crippen MR) is 73.2 cm³/mol. The minimum Gasteiger partial charge on any atom is -0.493 e. The molecule has 0 bridgehead atoms. The molecule has 3 heteroatoms. The van der Waals surface area contributed by atoms with Gasteiger partial charge in [0.2, 0.25) is 0 Å². The molecular weight excluding hydrogens is 226 g/mol. The van der Waals surface area contributed by atoms with E-state index in [-0.39, 0.29) is 0 Å². The lowest BCUT2D eigenvalue weighted by atomic mass is 10.1.